The van der Waals surface area contributed by atoms with Crippen LogP contribution >= 0.6 is 11.8 Å². The average molecular weight is 242 g/mol. The van der Waals surface area contributed by atoms with Gasteiger partial charge in [0.25, 0.3) is 0 Å². The maximum Gasteiger partial charge on any atom is 0.157 e. The molecule has 0 radical (unpaired) electrons. The van der Waals surface area contributed by atoms with E-state index >= 15 is 0 Å². The van der Waals surface area contributed by atoms with E-state index in [4.69, 9.17) is 9.73 Å². The molecule has 16 heavy (non-hydrogen) atoms. The van der Waals surface area contributed by atoms with Crippen molar-refractivity contribution in [2.24, 2.45) is 10.9 Å². The van der Waals surface area contributed by atoms with Gasteiger partial charge < -0.3 is 10.1 Å². The van der Waals surface area contributed by atoms with E-state index in [0.717, 1.165) is 37.0 Å². The Hall–Kier alpha value is -0.220. The molecular formula is C12H22N2OS. The highest BCUT2D eigenvalue weighted by Gasteiger charge is 2.28. The van der Waals surface area contributed by atoms with Crippen LogP contribution in [0.5, 0.6) is 0 Å². The summed E-state index contributed by atoms with van der Waals surface area (Å²) in [6, 6.07) is 0.424. The number of nitrogens with one attached hydrogen (secondary N) is 1. The molecule has 0 bridgehead atoms. The topological polar surface area (TPSA) is 33.6 Å². The molecule has 2 aliphatic heterocycles. The normalized spacial score (nSPS) is 30.3. The van der Waals surface area contributed by atoms with Crippen molar-refractivity contribution < 1.29 is 4.74 Å². The largest absolute Gasteiger partial charge is 0.381 e. The Balaban J connectivity index is 1.90. The molecule has 1 unspecified atom stereocenters. The lowest BCUT2D eigenvalue weighted by molar-refractivity contribution is 0.0605. The molecule has 2 heterocycles. The summed E-state index contributed by atoms with van der Waals surface area (Å²) in [4.78, 5) is 4.81. The number of amidine groups is 1. The van der Waals surface area contributed by atoms with Gasteiger partial charge in [0.05, 0.1) is 6.04 Å². The Morgan fingerprint density at radius 2 is 2.12 bits per heavy atom. The molecule has 92 valence electrons. The van der Waals surface area contributed by atoms with E-state index in [0.29, 0.717) is 12.0 Å². The van der Waals surface area contributed by atoms with E-state index in [-0.39, 0.29) is 5.54 Å². The number of hydrogen-bond acceptors (Lipinski definition) is 3. The minimum absolute atomic E-state index is 0.207. The second-order valence-corrected chi connectivity index (χ2v) is 6.39. The number of hydrogen-bond donors (Lipinski definition) is 1. The molecule has 0 aromatic rings. The highest BCUT2D eigenvalue weighted by Crippen LogP contribution is 2.26. The zero-order valence-corrected chi connectivity index (χ0v) is 11.3. The third-order valence-corrected chi connectivity index (χ3v) is 4.63. The lowest BCUT2D eigenvalue weighted by Gasteiger charge is -2.25. The Labute approximate surface area is 102 Å². The van der Waals surface area contributed by atoms with E-state index in [9.17, 15) is 0 Å². The zero-order chi connectivity index (χ0) is 11.6. The fourth-order valence-corrected chi connectivity index (χ4v) is 3.33. The Kier molecular flexibility index (Phi) is 3.80. The smallest absolute Gasteiger partial charge is 0.157 e. The molecule has 2 aliphatic rings. The van der Waals surface area contributed by atoms with Crippen molar-refractivity contribution in [3.63, 3.8) is 0 Å². The summed E-state index contributed by atoms with van der Waals surface area (Å²) in [5.41, 5.74) is 0.207. The fourth-order valence-electron chi connectivity index (χ4n) is 2.17. The summed E-state index contributed by atoms with van der Waals surface area (Å²) in [5, 5.41) is 4.61. The van der Waals surface area contributed by atoms with E-state index < -0.39 is 0 Å². The molecule has 0 amide bonds. The lowest BCUT2D eigenvalue weighted by Crippen LogP contribution is -2.37. The van der Waals surface area contributed by atoms with Crippen molar-refractivity contribution in [1.82, 2.24) is 5.32 Å². The van der Waals surface area contributed by atoms with E-state index in [1.165, 1.54) is 0 Å². The van der Waals surface area contributed by atoms with Crippen molar-refractivity contribution in [3.05, 3.63) is 0 Å². The molecule has 3 nitrogen and oxygen atoms in total. The summed E-state index contributed by atoms with van der Waals surface area (Å²) >= 11 is 1.85. The third-order valence-electron chi connectivity index (χ3n) is 3.28. The molecular weight excluding hydrogens is 220 g/mol. The van der Waals surface area contributed by atoms with Crippen LogP contribution < -0.4 is 5.32 Å². The number of nitrogens with zero attached hydrogens (tertiary/aromatic N) is 1. The molecule has 0 aromatic carbocycles. The average Bonchev–Trinajstić information content (AvgIpc) is 2.59. The van der Waals surface area contributed by atoms with Crippen LogP contribution in [0.25, 0.3) is 0 Å². The predicted octanol–water partition coefficient (Wildman–Crippen LogP) is 2.27. The van der Waals surface area contributed by atoms with Gasteiger partial charge in [0, 0.05) is 24.5 Å². The third kappa shape index (κ3) is 3.14. The van der Waals surface area contributed by atoms with Crippen molar-refractivity contribution >= 4 is 16.9 Å². The van der Waals surface area contributed by atoms with Gasteiger partial charge in [-0.25, -0.2) is 0 Å². The maximum absolute atomic E-state index is 5.38. The highest BCUT2D eigenvalue weighted by atomic mass is 32.2. The molecule has 2 fully saturated rings. The van der Waals surface area contributed by atoms with Crippen LogP contribution in [0.1, 0.15) is 33.6 Å². The molecule has 4 heteroatoms. The SMILES string of the molecule is CC(N=C1NC(C)(C)CS1)C1CCOCC1. The molecule has 1 N–H and O–H groups in total. The van der Waals surface area contributed by atoms with Gasteiger partial charge in [0.1, 0.15) is 0 Å². The summed E-state index contributed by atoms with van der Waals surface area (Å²) in [5.74, 6) is 1.82. The first-order chi connectivity index (χ1) is 7.57. The number of aliphatic imine (C=N–C) groups is 1. The van der Waals surface area contributed by atoms with Crippen LogP contribution in [0.4, 0.5) is 0 Å². The Morgan fingerprint density at radius 1 is 1.44 bits per heavy atom. The number of ether oxygens (including phenoxy) is 1. The van der Waals surface area contributed by atoms with E-state index in [2.05, 4.69) is 26.1 Å². The minimum Gasteiger partial charge on any atom is -0.381 e. The monoisotopic (exact) mass is 242 g/mol. The van der Waals surface area contributed by atoms with E-state index in [1.54, 1.807) is 0 Å². The predicted molar refractivity (Wildman–Crippen MR) is 70.1 cm³/mol. The van der Waals surface area contributed by atoms with Crippen molar-refractivity contribution in [2.75, 3.05) is 19.0 Å². The summed E-state index contributed by atoms with van der Waals surface area (Å²) in [7, 11) is 0. The summed E-state index contributed by atoms with van der Waals surface area (Å²) < 4.78 is 5.38. The van der Waals surface area contributed by atoms with Gasteiger partial charge in [0.15, 0.2) is 5.17 Å². The van der Waals surface area contributed by atoms with Crippen LogP contribution in [0.2, 0.25) is 0 Å². The van der Waals surface area contributed by atoms with Crippen LogP contribution in [0.15, 0.2) is 4.99 Å². The molecule has 2 rings (SSSR count). The molecule has 0 aliphatic carbocycles. The molecule has 0 saturated carbocycles. The van der Waals surface area contributed by atoms with Crippen LogP contribution in [-0.2, 0) is 4.74 Å². The van der Waals surface area contributed by atoms with Gasteiger partial charge in [0.2, 0.25) is 0 Å². The van der Waals surface area contributed by atoms with E-state index in [1.807, 2.05) is 11.8 Å². The van der Waals surface area contributed by atoms with Gasteiger partial charge in [-0.2, -0.15) is 0 Å². The second-order valence-electron chi connectivity index (χ2n) is 5.42. The van der Waals surface area contributed by atoms with Gasteiger partial charge in [-0.3, -0.25) is 4.99 Å². The second kappa shape index (κ2) is 4.96. The van der Waals surface area contributed by atoms with Crippen LogP contribution in [-0.4, -0.2) is 35.7 Å². The number of rotatable bonds is 2. The standard InChI is InChI=1S/C12H22N2OS/c1-9(10-4-6-15-7-5-10)13-11-14-12(2,3)8-16-11/h9-10H,4-8H2,1-3H3,(H,13,14). The molecule has 2 saturated heterocycles. The van der Waals surface area contributed by atoms with Gasteiger partial charge in [-0.1, -0.05) is 11.8 Å². The Bertz CT molecular complexity index is 272. The molecule has 0 aromatic heterocycles. The van der Waals surface area contributed by atoms with Crippen LogP contribution in [0.3, 0.4) is 0 Å². The van der Waals surface area contributed by atoms with Gasteiger partial charge in [-0.15, -0.1) is 0 Å². The van der Waals surface area contributed by atoms with Crippen LogP contribution in [0, 0.1) is 5.92 Å². The molecule has 1 atom stereocenters. The minimum atomic E-state index is 0.207. The summed E-state index contributed by atoms with van der Waals surface area (Å²) in [6.07, 6.45) is 2.32. The van der Waals surface area contributed by atoms with Gasteiger partial charge in [-0.05, 0) is 39.5 Å². The Morgan fingerprint density at radius 3 is 2.69 bits per heavy atom. The van der Waals surface area contributed by atoms with Crippen molar-refractivity contribution in [2.45, 2.75) is 45.2 Å². The number of thioether (sulfide) groups is 1. The lowest BCUT2D eigenvalue weighted by atomic mass is 9.93. The van der Waals surface area contributed by atoms with Crippen molar-refractivity contribution in [1.29, 1.82) is 0 Å². The first-order valence-electron chi connectivity index (χ1n) is 6.13. The first kappa shape index (κ1) is 12.2. The quantitative estimate of drug-likeness (QED) is 0.806. The first-order valence-corrected chi connectivity index (χ1v) is 7.12. The fraction of sp³-hybridized carbons (Fsp3) is 0.917. The highest BCUT2D eigenvalue weighted by molar-refractivity contribution is 8.14. The summed E-state index contributed by atoms with van der Waals surface area (Å²) in [6.45, 7) is 8.50. The maximum atomic E-state index is 5.38. The van der Waals surface area contributed by atoms with Crippen molar-refractivity contribution in [3.8, 4) is 0 Å². The van der Waals surface area contributed by atoms with Gasteiger partial charge >= 0.3 is 0 Å². The molecule has 0 spiro atoms. The zero-order valence-electron chi connectivity index (χ0n) is 10.5.